The third-order valence-corrected chi connectivity index (χ3v) is 1.88. The second-order valence-electron chi connectivity index (χ2n) is 2.65. The standard InChI is InChI=1S/C8H12O2/c1-3-6(2)7-4-5-8(9)10-7/h4-7H,3H2,1-2H3. The molecule has 2 heteroatoms. The van der Waals surface area contributed by atoms with E-state index in [9.17, 15) is 4.79 Å². The van der Waals surface area contributed by atoms with E-state index < -0.39 is 0 Å². The number of rotatable bonds is 2. The molecule has 0 aromatic carbocycles. The zero-order valence-corrected chi connectivity index (χ0v) is 6.33. The van der Waals surface area contributed by atoms with Crippen molar-refractivity contribution in [2.24, 2.45) is 5.92 Å². The van der Waals surface area contributed by atoms with Crippen LogP contribution in [-0.4, -0.2) is 12.1 Å². The van der Waals surface area contributed by atoms with E-state index in [1.165, 1.54) is 6.08 Å². The van der Waals surface area contributed by atoms with Gasteiger partial charge in [-0.3, -0.25) is 0 Å². The van der Waals surface area contributed by atoms with Crippen molar-refractivity contribution in [1.82, 2.24) is 0 Å². The monoisotopic (exact) mass is 140 g/mol. The van der Waals surface area contributed by atoms with E-state index in [1.54, 1.807) is 0 Å². The maximum atomic E-state index is 10.6. The molecule has 0 spiro atoms. The Hall–Kier alpha value is -0.790. The summed E-state index contributed by atoms with van der Waals surface area (Å²) in [7, 11) is 0. The van der Waals surface area contributed by atoms with Crippen molar-refractivity contribution in [3.05, 3.63) is 12.2 Å². The minimum absolute atomic E-state index is 0.0255. The maximum absolute atomic E-state index is 10.6. The van der Waals surface area contributed by atoms with Crippen LogP contribution in [0.5, 0.6) is 0 Å². The lowest BCUT2D eigenvalue weighted by Crippen LogP contribution is -2.16. The number of hydrogen-bond acceptors (Lipinski definition) is 2. The number of ether oxygens (including phenoxy) is 1. The Morgan fingerprint density at radius 1 is 1.80 bits per heavy atom. The Kier molecular flexibility index (Phi) is 2.10. The van der Waals surface area contributed by atoms with E-state index in [1.807, 2.05) is 6.08 Å². The molecule has 0 aliphatic carbocycles. The van der Waals surface area contributed by atoms with Crippen molar-refractivity contribution < 1.29 is 9.53 Å². The molecule has 56 valence electrons. The average molecular weight is 140 g/mol. The summed E-state index contributed by atoms with van der Waals surface area (Å²) in [6, 6.07) is 0. The molecule has 0 N–H and O–H groups in total. The summed E-state index contributed by atoms with van der Waals surface area (Å²) in [5.74, 6) is 0.244. The van der Waals surface area contributed by atoms with Crippen LogP contribution in [0.15, 0.2) is 12.2 Å². The van der Waals surface area contributed by atoms with Gasteiger partial charge in [-0.2, -0.15) is 0 Å². The van der Waals surface area contributed by atoms with Crippen LogP contribution < -0.4 is 0 Å². The molecule has 2 nitrogen and oxygen atoms in total. The summed E-state index contributed by atoms with van der Waals surface area (Å²) in [6.07, 6.45) is 4.40. The molecule has 0 amide bonds. The third-order valence-electron chi connectivity index (χ3n) is 1.88. The van der Waals surface area contributed by atoms with Gasteiger partial charge in [-0.15, -0.1) is 0 Å². The number of cyclic esters (lactones) is 1. The zero-order chi connectivity index (χ0) is 7.56. The first-order valence-electron chi connectivity index (χ1n) is 3.63. The van der Waals surface area contributed by atoms with Crippen LogP contribution in [0.3, 0.4) is 0 Å². The second kappa shape index (κ2) is 2.86. The summed E-state index contributed by atoms with van der Waals surface area (Å²) in [5.41, 5.74) is 0. The molecule has 1 rings (SSSR count). The normalized spacial score (nSPS) is 26.6. The topological polar surface area (TPSA) is 26.3 Å². The van der Waals surface area contributed by atoms with E-state index in [2.05, 4.69) is 13.8 Å². The highest BCUT2D eigenvalue weighted by Gasteiger charge is 2.21. The van der Waals surface area contributed by atoms with Gasteiger partial charge in [0.2, 0.25) is 0 Å². The first kappa shape index (κ1) is 7.32. The lowest BCUT2D eigenvalue weighted by molar-refractivity contribution is -0.140. The zero-order valence-electron chi connectivity index (χ0n) is 6.33. The summed E-state index contributed by atoms with van der Waals surface area (Å²) in [4.78, 5) is 10.6. The fourth-order valence-corrected chi connectivity index (χ4v) is 0.924. The van der Waals surface area contributed by atoms with Gasteiger partial charge in [0.05, 0.1) is 0 Å². The summed E-state index contributed by atoms with van der Waals surface area (Å²) in [6.45, 7) is 4.16. The molecule has 2 unspecified atom stereocenters. The van der Waals surface area contributed by atoms with Crippen LogP contribution in [0.1, 0.15) is 20.3 Å². The van der Waals surface area contributed by atoms with E-state index in [0.29, 0.717) is 5.92 Å². The quantitative estimate of drug-likeness (QED) is 0.543. The molecule has 0 aromatic rings. The molecule has 0 saturated heterocycles. The minimum Gasteiger partial charge on any atom is -0.455 e. The first-order valence-corrected chi connectivity index (χ1v) is 3.63. The van der Waals surface area contributed by atoms with Crippen molar-refractivity contribution in [3.8, 4) is 0 Å². The van der Waals surface area contributed by atoms with Gasteiger partial charge in [0.15, 0.2) is 0 Å². The molecule has 0 aromatic heterocycles. The van der Waals surface area contributed by atoms with Crippen molar-refractivity contribution in [1.29, 1.82) is 0 Å². The van der Waals surface area contributed by atoms with Gasteiger partial charge in [0.25, 0.3) is 0 Å². The van der Waals surface area contributed by atoms with Gasteiger partial charge in [-0.25, -0.2) is 4.79 Å². The van der Waals surface area contributed by atoms with Gasteiger partial charge in [-0.1, -0.05) is 13.8 Å². The predicted molar refractivity (Wildman–Crippen MR) is 38.5 cm³/mol. The highest BCUT2D eigenvalue weighted by atomic mass is 16.5. The Morgan fingerprint density at radius 2 is 2.50 bits per heavy atom. The van der Waals surface area contributed by atoms with Crippen LogP contribution in [-0.2, 0) is 9.53 Å². The summed E-state index contributed by atoms with van der Waals surface area (Å²) in [5, 5.41) is 0. The van der Waals surface area contributed by atoms with Crippen molar-refractivity contribution >= 4 is 5.97 Å². The predicted octanol–water partition coefficient (Wildman–Crippen LogP) is 1.51. The molecule has 1 aliphatic rings. The molecule has 0 radical (unpaired) electrons. The van der Waals surface area contributed by atoms with Gasteiger partial charge in [0, 0.05) is 6.08 Å². The fourth-order valence-electron chi connectivity index (χ4n) is 0.924. The van der Waals surface area contributed by atoms with Crippen molar-refractivity contribution in [3.63, 3.8) is 0 Å². The SMILES string of the molecule is CCC(C)C1C=CC(=O)O1. The Balaban J connectivity index is 2.46. The van der Waals surface area contributed by atoms with Gasteiger partial charge in [0.1, 0.15) is 6.10 Å². The van der Waals surface area contributed by atoms with E-state index in [4.69, 9.17) is 4.74 Å². The summed E-state index contributed by atoms with van der Waals surface area (Å²) < 4.78 is 4.96. The van der Waals surface area contributed by atoms with Crippen molar-refractivity contribution in [2.75, 3.05) is 0 Å². The number of carbonyl (C=O) groups is 1. The summed E-state index contributed by atoms with van der Waals surface area (Å²) >= 11 is 0. The molecular weight excluding hydrogens is 128 g/mol. The number of esters is 1. The average Bonchev–Trinajstić information content (AvgIpc) is 2.34. The van der Waals surface area contributed by atoms with Gasteiger partial charge in [-0.05, 0) is 18.4 Å². The Morgan fingerprint density at radius 3 is 2.90 bits per heavy atom. The molecule has 2 atom stereocenters. The molecule has 0 bridgehead atoms. The van der Waals surface area contributed by atoms with Crippen LogP contribution >= 0.6 is 0 Å². The van der Waals surface area contributed by atoms with Crippen LogP contribution in [0.4, 0.5) is 0 Å². The molecule has 10 heavy (non-hydrogen) atoms. The smallest absolute Gasteiger partial charge is 0.331 e. The third kappa shape index (κ3) is 1.38. The molecule has 1 heterocycles. The maximum Gasteiger partial charge on any atom is 0.331 e. The van der Waals surface area contributed by atoms with Crippen LogP contribution in [0.2, 0.25) is 0 Å². The number of carbonyl (C=O) groups excluding carboxylic acids is 1. The van der Waals surface area contributed by atoms with Crippen LogP contribution in [0.25, 0.3) is 0 Å². The van der Waals surface area contributed by atoms with Crippen LogP contribution in [0, 0.1) is 5.92 Å². The highest BCUT2D eigenvalue weighted by Crippen LogP contribution is 2.16. The van der Waals surface area contributed by atoms with E-state index in [-0.39, 0.29) is 12.1 Å². The Bertz CT molecular complexity index is 161. The Labute approximate surface area is 60.9 Å². The first-order chi connectivity index (χ1) is 4.74. The highest BCUT2D eigenvalue weighted by molar-refractivity contribution is 5.84. The fraction of sp³-hybridized carbons (Fsp3) is 0.625. The van der Waals surface area contributed by atoms with E-state index >= 15 is 0 Å². The molecular formula is C8H12O2. The largest absolute Gasteiger partial charge is 0.455 e. The molecule has 0 saturated carbocycles. The second-order valence-corrected chi connectivity index (χ2v) is 2.65. The molecule has 1 aliphatic heterocycles. The van der Waals surface area contributed by atoms with Crippen molar-refractivity contribution in [2.45, 2.75) is 26.4 Å². The number of hydrogen-bond donors (Lipinski definition) is 0. The van der Waals surface area contributed by atoms with Gasteiger partial charge < -0.3 is 4.74 Å². The van der Waals surface area contributed by atoms with Gasteiger partial charge >= 0.3 is 5.97 Å². The lowest BCUT2D eigenvalue weighted by Gasteiger charge is -2.14. The van der Waals surface area contributed by atoms with E-state index in [0.717, 1.165) is 6.42 Å². The lowest BCUT2D eigenvalue weighted by atomic mass is 10.0. The molecule has 0 fully saturated rings. The minimum atomic E-state index is -0.203.